The van der Waals surface area contributed by atoms with Crippen LogP contribution in [0.2, 0.25) is 0 Å². The predicted octanol–water partition coefficient (Wildman–Crippen LogP) is 2.76. The van der Waals surface area contributed by atoms with Crippen LogP contribution in [0.1, 0.15) is 29.5 Å². The fourth-order valence-electron chi connectivity index (χ4n) is 0.975. The van der Waals surface area contributed by atoms with Gasteiger partial charge in [0.1, 0.15) is 0 Å². The summed E-state index contributed by atoms with van der Waals surface area (Å²) < 4.78 is 36.9. The van der Waals surface area contributed by atoms with E-state index in [1.807, 2.05) is 13.8 Å². The van der Waals surface area contributed by atoms with Crippen molar-refractivity contribution in [3.8, 4) is 0 Å². The van der Waals surface area contributed by atoms with Crippen molar-refractivity contribution in [2.75, 3.05) is 0 Å². The second-order valence-corrected chi connectivity index (χ2v) is 4.24. The first-order valence-electron chi connectivity index (χ1n) is 3.85. The van der Waals surface area contributed by atoms with E-state index in [0.717, 1.165) is 16.2 Å². The lowest BCUT2D eigenvalue weighted by Gasteiger charge is -2.01. The normalized spacial score (nSPS) is 12.5. The summed E-state index contributed by atoms with van der Waals surface area (Å²) >= 11 is 0.787. The molecule has 0 amide bonds. The number of thiophene rings is 1. The average molecular weight is 210 g/mol. The quantitative estimate of drug-likeness (QED) is 0.738. The van der Waals surface area contributed by atoms with Gasteiger partial charge in [0.2, 0.25) is 0 Å². The van der Waals surface area contributed by atoms with Crippen LogP contribution in [0.4, 0.5) is 18.9 Å². The van der Waals surface area contributed by atoms with Gasteiger partial charge in [-0.3, -0.25) is 0 Å². The van der Waals surface area contributed by atoms with Crippen LogP contribution in [-0.4, -0.2) is 0 Å². The highest BCUT2D eigenvalue weighted by Gasteiger charge is 2.37. The maximum atomic E-state index is 12.3. The van der Waals surface area contributed by atoms with Gasteiger partial charge in [0.25, 0.3) is 0 Å². The van der Waals surface area contributed by atoms with Gasteiger partial charge >= 0.3 is 6.18 Å². The summed E-state index contributed by atoms with van der Waals surface area (Å²) in [6.45, 7) is 3.73. The molecule has 0 fully saturated rings. The van der Waals surface area contributed by atoms with Gasteiger partial charge in [-0.25, -0.2) is 0 Å². The highest BCUT2D eigenvalue weighted by atomic mass is 32.1. The Morgan fingerprint density at radius 2 is 1.92 bits per heavy atom. The van der Waals surface area contributed by atoms with E-state index in [9.17, 15) is 13.2 Å². The molecule has 0 radical (unpaired) electrons. The first kappa shape index (κ1) is 10.5. The van der Waals surface area contributed by atoms with Crippen molar-refractivity contribution >= 4 is 17.0 Å². The van der Waals surface area contributed by atoms with Crippen molar-refractivity contribution < 1.29 is 18.9 Å². The van der Waals surface area contributed by atoms with Crippen molar-refractivity contribution in [2.45, 2.75) is 25.9 Å². The largest absolute Gasteiger partial charge is 0.431 e. The molecule has 0 aromatic carbocycles. The van der Waals surface area contributed by atoms with Crippen LogP contribution in [0.5, 0.6) is 0 Å². The molecular formula is C8H11F3NS+. The minimum absolute atomic E-state index is 0.0844. The van der Waals surface area contributed by atoms with Gasteiger partial charge in [-0.05, 0) is 5.92 Å². The lowest BCUT2D eigenvalue weighted by atomic mass is 10.2. The number of quaternary nitrogens is 1. The molecule has 0 saturated heterocycles. The van der Waals surface area contributed by atoms with E-state index < -0.39 is 11.1 Å². The van der Waals surface area contributed by atoms with E-state index in [0.29, 0.717) is 0 Å². The molecule has 1 aromatic heterocycles. The molecule has 1 nitrogen and oxygen atoms in total. The maximum absolute atomic E-state index is 12.3. The molecule has 0 aliphatic heterocycles. The third-order valence-corrected chi connectivity index (χ3v) is 3.18. The van der Waals surface area contributed by atoms with E-state index in [4.69, 9.17) is 0 Å². The van der Waals surface area contributed by atoms with Gasteiger partial charge in [0, 0.05) is 10.9 Å². The molecule has 0 bridgehead atoms. The lowest BCUT2D eigenvalue weighted by Crippen LogP contribution is -2.41. The summed E-state index contributed by atoms with van der Waals surface area (Å²) in [5.74, 6) is 0.126. The Balaban J connectivity index is 3.11. The Bertz CT molecular complexity index is 301. The molecule has 5 heteroatoms. The topological polar surface area (TPSA) is 27.6 Å². The fraction of sp³-hybridized carbons (Fsp3) is 0.500. The lowest BCUT2D eigenvalue weighted by molar-refractivity contribution is -0.261. The molecule has 74 valence electrons. The van der Waals surface area contributed by atoms with Crippen molar-refractivity contribution in [3.05, 3.63) is 15.8 Å². The number of halogens is 3. The molecule has 3 N–H and O–H groups in total. The van der Waals surface area contributed by atoms with Crippen LogP contribution in [0.15, 0.2) is 6.07 Å². The molecule has 0 saturated carbocycles. The zero-order chi connectivity index (χ0) is 10.2. The van der Waals surface area contributed by atoms with Crippen molar-refractivity contribution in [3.63, 3.8) is 0 Å². The monoisotopic (exact) mass is 210 g/mol. The first-order valence-corrected chi connectivity index (χ1v) is 4.67. The summed E-state index contributed by atoms with van der Waals surface area (Å²) in [7, 11) is 0. The summed E-state index contributed by atoms with van der Waals surface area (Å²) in [4.78, 5) is 0.161. The number of hydrogen-bond donors (Lipinski definition) is 1. The molecule has 0 aliphatic carbocycles. The highest BCUT2D eigenvalue weighted by molar-refractivity contribution is 7.12. The summed E-state index contributed by atoms with van der Waals surface area (Å²) in [5, 5.41) is 0. The Kier molecular flexibility index (Phi) is 2.68. The Morgan fingerprint density at radius 3 is 2.15 bits per heavy atom. The molecular weight excluding hydrogens is 199 g/mol. The smallest absolute Gasteiger partial charge is 0.324 e. The summed E-state index contributed by atoms with van der Waals surface area (Å²) in [6, 6.07) is 1.51. The first-order chi connectivity index (χ1) is 5.82. The highest BCUT2D eigenvalue weighted by Crippen LogP contribution is 2.40. The Labute approximate surface area is 78.4 Å². The molecule has 1 aromatic rings. The minimum Gasteiger partial charge on any atom is -0.324 e. The number of rotatable bonds is 1. The average Bonchev–Trinajstić information content (AvgIpc) is 2.29. The van der Waals surface area contributed by atoms with Crippen LogP contribution in [0, 0.1) is 0 Å². The molecule has 1 heterocycles. The Morgan fingerprint density at radius 1 is 1.38 bits per heavy atom. The van der Waals surface area contributed by atoms with Gasteiger partial charge < -0.3 is 5.73 Å². The van der Waals surface area contributed by atoms with Crippen LogP contribution >= 0.6 is 11.3 Å². The van der Waals surface area contributed by atoms with E-state index in [-0.39, 0.29) is 11.6 Å². The van der Waals surface area contributed by atoms with Crippen molar-refractivity contribution in [1.29, 1.82) is 0 Å². The van der Waals surface area contributed by atoms with E-state index in [1.54, 1.807) is 0 Å². The van der Waals surface area contributed by atoms with E-state index in [1.165, 1.54) is 6.07 Å². The van der Waals surface area contributed by atoms with Crippen molar-refractivity contribution in [2.24, 2.45) is 0 Å². The van der Waals surface area contributed by atoms with Crippen LogP contribution in [-0.2, 0) is 6.18 Å². The predicted molar refractivity (Wildman–Crippen MR) is 46.0 cm³/mol. The molecule has 0 atom stereocenters. The molecule has 0 unspecified atom stereocenters. The maximum Gasteiger partial charge on any atom is 0.431 e. The third-order valence-electron chi connectivity index (χ3n) is 1.65. The van der Waals surface area contributed by atoms with E-state index >= 15 is 0 Å². The van der Waals surface area contributed by atoms with Crippen molar-refractivity contribution in [1.82, 2.24) is 0 Å². The third kappa shape index (κ3) is 2.22. The fourth-order valence-corrected chi connectivity index (χ4v) is 1.95. The van der Waals surface area contributed by atoms with Gasteiger partial charge in [-0.2, -0.15) is 13.2 Å². The SMILES string of the molecule is CC(C)c1cc([NH3+])c(C(F)(F)F)s1. The van der Waals surface area contributed by atoms with Gasteiger partial charge in [0.05, 0.1) is 0 Å². The second-order valence-electron chi connectivity index (χ2n) is 3.16. The summed E-state index contributed by atoms with van der Waals surface area (Å²) in [6.07, 6.45) is -4.26. The molecule has 0 spiro atoms. The minimum atomic E-state index is -4.26. The molecule has 0 aliphatic rings. The van der Waals surface area contributed by atoms with Gasteiger partial charge in [-0.1, -0.05) is 13.8 Å². The summed E-state index contributed by atoms with van der Waals surface area (Å²) in [5.41, 5.74) is 3.46. The van der Waals surface area contributed by atoms with Gasteiger partial charge in [-0.15, -0.1) is 11.3 Å². The standard InChI is InChI=1S/C8H10F3NS/c1-4(2)6-3-5(12)7(13-6)8(9,10)11/h3-4H,12H2,1-2H3/p+1. The van der Waals surface area contributed by atoms with Crippen LogP contribution in [0.25, 0.3) is 0 Å². The molecule has 13 heavy (non-hydrogen) atoms. The second kappa shape index (κ2) is 3.31. The van der Waals surface area contributed by atoms with Crippen LogP contribution in [0.3, 0.4) is 0 Å². The number of alkyl halides is 3. The zero-order valence-electron chi connectivity index (χ0n) is 7.40. The van der Waals surface area contributed by atoms with Gasteiger partial charge in [0.15, 0.2) is 10.6 Å². The molecule has 1 rings (SSSR count). The number of hydrogen-bond acceptors (Lipinski definition) is 1. The zero-order valence-corrected chi connectivity index (χ0v) is 8.22. The van der Waals surface area contributed by atoms with E-state index in [2.05, 4.69) is 5.73 Å². The van der Waals surface area contributed by atoms with Crippen LogP contribution < -0.4 is 5.73 Å². The Hall–Kier alpha value is -0.550.